The van der Waals surface area contributed by atoms with Gasteiger partial charge in [0.05, 0.1) is 47.8 Å². The molecule has 2 atom stereocenters. The van der Waals surface area contributed by atoms with Crippen LogP contribution in [0.25, 0.3) is 0 Å². The number of hydrogen-bond donors (Lipinski definition) is 3. The molecule has 58 heavy (non-hydrogen) atoms. The van der Waals surface area contributed by atoms with Crippen LogP contribution in [0.5, 0.6) is 0 Å². The van der Waals surface area contributed by atoms with Crippen LogP contribution in [-0.2, 0) is 21.4 Å². The summed E-state index contributed by atoms with van der Waals surface area (Å²) in [5, 5.41) is 9.75. The molecule has 5 amide bonds. The molecular formula is C39H48N12O7. The van der Waals surface area contributed by atoms with Gasteiger partial charge >= 0.3 is 6.09 Å². The Hall–Kier alpha value is -6.11. The number of carbonyl (C=O) groups excluding carboxylic acids is 6. The molecule has 0 radical (unpaired) electrons. The third-order valence-electron chi connectivity index (χ3n) is 12.0. The molecule has 0 aliphatic carbocycles. The number of nitrogens with two attached hydrogens (primary N) is 1. The third-order valence-corrected chi connectivity index (χ3v) is 12.0. The number of likely N-dealkylation sites (tertiary alicyclic amines) is 1. The first kappa shape index (κ1) is 38.7. The van der Waals surface area contributed by atoms with Gasteiger partial charge in [-0.3, -0.25) is 38.6 Å². The van der Waals surface area contributed by atoms with Crippen LogP contribution in [0.2, 0.25) is 0 Å². The lowest BCUT2D eigenvalue weighted by Gasteiger charge is -2.48. The van der Waals surface area contributed by atoms with Crippen molar-refractivity contribution >= 4 is 59.0 Å². The number of fused-ring (bicyclic) bond motifs is 1. The number of carbonyl (C=O) groups is 6. The maximum absolute atomic E-state index is 13.3. The summed E-state index contributed by atoms with van der Waals surface area (Å²) in [5.74, 6) is -0.725. The van der Waals surface area contributed by atoms with E-state index >= 15 is 0 Å². The second-order valence-corrected chi connectivity index (χ2v) is 16.0. The summed E-state index contributed by atoms with van der Waals surface area (Å²) in [6.07, 6.45) is 8.83. The fourth-order valence-electron chi connectivity index (χ4n) is 8.98. The summed E-state index contributed by atoms with van der Waals surface area (Å²) in [5.41, 5.74) is 7.13. The van der Waals surface area contributed by atoms with E-state index < -0.39 is 29.4 Å². The Labute approximate surface area is 334 Å². The first-order valence-corrected chi connectivity index (χ1v) is 19.8. The fourth-order valence-corrected chi connectivity index (χ4v) is 8.98. The van der Waals surface area contributed by atoms with Crippen molar-refractivity contribution in [3.8, 4) is 0 Å². The monoisotopic (exact) mass is 796 g/mol. The standard InChI is InChI=1S/C39H48N12O7/c1-41-32(53)8-6-28(20-52)51-36(55)29-7-5-26(14-30(29)37(51)56)48-12-9-24(10-13-48)17-47-21-39(22-47)23-50(38(57)58-39)27-4-3-11-49(19-27)31-16-42-33(34(40)54)35(45-31)44-25-15-43-46(2)18-25/h5,7,14-16,18,20,24,27-28H,3-4,6,8-13,17,19,21-23H2,1-2H3,(H2,40,54)(H,41,53)(H,44,45). The molecule has 5 aliphatic heterocycles. The molecule has 0 saturated carbocycles. The van der Waals surface area contributed by atoms with Crippen molar-refractivity contribution in [1.29, 1.82) is 0 Å². The van der Waals surface area contributed by atoms with Crippen LogP contribution >= 0.6 is 0 Å². The van der Waals surface area contributed by atoms with E-state index in [2.05, 4.69) is 35.4 Å². The lowest BCUT2D eigenvalue weighted by atomic mass is 9.89. The second-order valence-electron chi connectivity index (χ2n) is 16.0. The van der Waals surface area contributed by atoms with Crippen molar-refractivity contribution in [2.75, 3.05) is 74.5 Å². The molecule has 19 heteroatoms. The molecule has 306 valence electrons. The summed E-state index contributed by atoms with van der Waals surface area (Å²) in [6.45, 7) is 5.63. The van der Waals surface area contributed by atoms with Crippen molar-refractivity contribution in [3.05, 3.63) is 53.6 Å². The van der Waals surface area contributed by atoms with Crippen molar-refractivity contribution in [2.45, 2.75) is 56.2 Å². The van der Waals surface area contributed by atoms with E-state index in [-0.39, 0.29) is 53.5 Å². The number of ether oxygens (including phenoxy) is 1. The minimum Gasteiger partial charge on any atom is -0.438 e. The molecule has 4 N–H and O–H groups in total. The van der Waals surface area contributed by atoms with Crippen LogP contribution in [0.3, 0.4) is 0 Å². The SMILES string of the molecule is CNC(=O)CCC(C=O)N1C(=O)c2ccc(N3CCC(CN4CC5(C4)CN(C4CCCN(c6cnc(C(N)=O)c(Nc7cnn(C)c7)n6)C4)C(=O)O5)CC3)cc2C1=O. The summed E-state index contributed by atoms with van der Waals surface area (Å²) < 4.78 is 7.68. The van der Waals surface area contributed by atoms with Crippen LogP contribution in [0.4, 0.5) is 27.8 Å². The molecule has 2 unspecified atom stereocenters. The number of aldehydes is 1. The van der Waals surface area contributed by atoms with Crippen molar-refractivity contribution in [2.24, 2.45) is 18.7 Å². The molecule has 19 nitrogen and oxygen atoms in total. The van der Waals surface area contributed by atoms with Crippen LogP contribution < -0.4 is 26.2 Å². The molecular weight excluding hydrogens is 749 g/mol. The average Bonchev–Trinajstić information content (AvgIpc) is 3.87. The van der Waals surface area contributed by atoms with Crippen LogP contribution in [0.1, 0.15) is 69.7 Å². The van der Waals surface area contributed by atoms with E-state index in [1.165, 1.54) is 7.05 Å². The van der Waals surface area contributed by atoms with E-state index in [1.54, 1.807) is 42.5 Å². The Balaban J connectivity index is 0.823. The van der Waals surface area contributed by atoms with Gasteiger partial charge in [0.1, 0.15) is 12.1 Å². The lowest BCUT2D eigenvalue weighted by molar-refractivity contribution is -0.121. The largest absolute Gasteiger partial charge is 0.438 e. The van der Waals surface area contributed by atoms with Crippen molar-refractivity contribution in [3.63, 3.8) is 0 Å². The molecule has 4 fully saturated rings. The number of aryl methyl sites for hydroxylation is 1. The number of nitrogens with zero attached hydrogens (tertiary/aromatic N) is 9. The third kappa shape index (κ3) is 7.52. The smallest absolute Gasteiger partial charge is 0.410 e. The van der Waals surface area contributed by atoms with Gasteiger partial charge in [-0.25, -0.2) is 14.8 Å². The average molecular weight is 797 g/mol. The van der Waals surface area contributed by atoms with Gasteiger partial charge < -0.3 is 35.7 Å². The minimum atomic E-state index is -1.01. The zero-order chi connectivity index (χ0) is 40.7. The maximum Gasteiger partial charge on any atom is 0.410 e. The van der Waals surface area contributed by atoms with Gasteiger partial charge in [-0.2, -0.15) is 5.10 Å². The normalized spacial score (nSPS) is 21.2. The molecule has 2 aromatic heterocycles. The van der Waals surface area contributed by atoms with E-state index in [0.717, 1.165) is 62.4 Å². The first-order chi connectivity index (χ1) is 27.9. The molecule has 8 rings (SSSR count). The highest BCUT2D eigenvalue weighted by Crippen LogP contribution is 2.37. The Morgan fingerprint density at radius 1 is 1.03 bits per heavy atom. The highest BCUT2D eigenvalue weighted by molar-refractivity contribution is 6.22. The second kappa shape index (κ2) is 15.7. The van der Waals surface area contributed by atoms with E-state index in [4.69, 9.17) is 15.5 Å². The van der Waals surface area contributed by atoms with E-state index in [1.807, 2.05) is 11.0 Å². The fraction of sp³-hybridized carbons (Fsp3) is 0.513. The Kier molecular flexibility index (Phi) is 10.5. The van der Waals surface area contributed by atoms with Crippen molar-refractivity contribution in [1.82, 2.24) is 39.8 Å². The first-order valence-electron chi connectivity index (χ1n) is 19.8. The van der Waals surface area contributed by atoms with E-state index in [0.29, 0.717) is 49.9 Å². The van der Waals surface area contributed by atoms with Crippen LogP contribution in [0.15, 0.2) is 36.8 Å². The van der Waals surface area contributed by atoms with Gasteiger partial charge in [-0.15, -0.1) is 0 Å². The Bertz CT molecular complexity index is 2130. The van der Waals surface area contributed by atoms with E-state index in [9.17, 15) is 28.8 Å². The molecule has 1 spiro atoms. The number of imide groups is 1. The highest BCUT2D eigenvalue weighted by Gasteiger charge is 2.55. The molecule has 7 heterocycles. The van der Waals surface area contributed by atoms with Gasteiger partial charge in [-0.1, -0.05) is 0 Å². The van der Waals surface area contributed by atoms with Gasteiger partial charge in [0, 0.05) is 78.2 Å². The number of rotatable bonds is 13. The summed E-state index contributed by atoms with van der Waals surface area (Å²) in [6, 6.07) is 4.17. The number of aromatic nitrogens is 4. The lowest BCUT2D eigenvalue weighted by Crippen LogP contribution is -2.65. The Morgan fingerprint density at radius 3 is 2.52 bits per heavy atom. The number of amides is 5. The number of nitrogens with one attached hydrogen (secondary N) is 2. The number of anilines is 4. The van der Waals surface area contributed by atoms with Gasteiger partial charge in [0.2, 0.25) is 5.91 Å². The number of primary amides is 1. The zero-order valence-corrected chi connectivity index (χ0v) is 32.6. The summed E-state index contributed by atoms with van der Waals surface area (Å²) in [4.78, 5) is 94.0. The molecule has 4 saturated heterocycles. The maximum atomic E-state index is 13.3. The molecule has 3 aromatic rings. The number of hydrogen-bond acceptors (Lipinski definition) is 14. The summed E-state index contributed by atoms with van der Waals surface area (Å²) >= 11 is 0. The van der Waals surface area contributed by atoms with Crippen molar-refractivity contribution < 1.29 is 33.5 Å². The number of piperidine rings is 2. The minimum absolute atomic E-state index is 0.0255. The molecule has 1 aromatic carbocycles. The molecule has 0 bridgehead atoms. The zero-order valence-electron chi connectivity index (χ0n) is 32.6. The Morgan fingerprint density at radius 2 is 1.81 bits per heavy atom. The highest BCUT2D eigenvalue weighted by atomic mass is 16.6. The predicted octanol–water partition coefficient (Wildman–Crippen LogP) is 1.13. The van der Waals surface area contributed by atoms with Crippen LogP contribution in [0, 0.1) is 5.92 Å². The van der Waals surface area contributed by atoms with Gasteiger partial charge in [0.15, 0.2) is 17.1 Å². The van der Waals surface area contributed by atoms with Gasteiger partial charge in [0.25, 0.3) is 17.7 Å². The topological polar surface area (TPSA) is 222 Å². The molecule has 5 aliphatic rings. The predicted molar refractivity (Wildman–Crippen MR) is 210 cm³/mol. The number of benzene rings is 1. The van der Waals surface area contributed by atoms with Crippen LogP contribution in [-0.4, -0.2) is 148 Å². The quantitative estimate of drug-likeness (QED) is 0.163. The summed E-state index contributed by atoms with van der Waals surface area (Å²) in [7, 11) is 3.28. The van der Waals surface area contributed by atoms with Gasteiger partial charge in [-0.05, 0) is 56.2 Å².